The summed E-state index contributed by atoms with van der Waals surface area (Å²) in [4.78, 5) is 4.12. The smallest absolute Gasteiger partial charge is 0.148 e. The van der Waals surface area contributed by atoms with Crippen LogP contribution in [-0.4, -0.2) is 16.9 Å². The summed E-state index contributed by atoms with van der Waals surface area (Å²) in [6.45, 7) is 8.42. The van der Waals surface area contributed by atoms with Crippen molar-refractivity contribution in [1.82, 2.24) is 5.01 Å². The van der Waals surface area contributed by atoms with E-state index >= 15 is 0 Å². The number of hydrazine groups is 1. The van der Waals surface area contributed by atoms with Crippen LogP contribution < -0.4 is 11.6 Å². The van der Waals surface area contributed by atoms with Gasteiger partial charge in [-0.05, 0) is 18.8 Å². The molecule has 0 bridgehead atoms. The summed E-state index contributed by atoms with van der Waals surface area (Å²) < 4.78 is 0. The fourth-order valence-corrected chi connectivity index (χ4v) is 1.84. The number of allylic oxidation sites excluding steroid dienone is 1. The molecule has 0 spiro atoms. The summed E-state index contributed by atoms with van der Waals surface area (Å²) >= 11 is 0. The molecule has 90 valence electrons. The van der Waals surface area contributed by atoms with Crippen molar-refractivity contribution in [1.29, 1.82) is 0 Å². The van der Waals surface area contributed by atoms with Gasteiger partial charge in [-0.2, -0.15) is 0 Å². The lowest BCUT2D eigenvalue weighted by Crippen LogP contribution is -2.46. The van der Waals surface area contributed by atoms with Crippen molar-refractivity contribution in [3.8, 4) is 0 Å². The van der Waals surface area contributed by atoms with Crippen LogP contribution in [0.25, 0.3) is 0 Å². The molecule has 0 aromatic heterocycles. The molecule has 0 amide bonds. The van der Waals surface area contributed by atoms with Crippen LogP contribution in [0.1, 0.15) is 34.1 Å². The van der Waals surface area contributed by atoms with Gasteiger partial charge in [0, 0.05) is 6.20 Å². The highest BCUT2D eigenvalue weighted by atomic mass is 15.4. The van der Waals surface area contributed by atoms with Crippen LogP contribution in [0.3, 0.4) is 0 Å². The van der Waals surface area contributed by atoms with Crippen LogP contribution >= 0.6 is 0 Å². The highest BCUT2D eigenvalue weighted by Gasteiger charge is 2.34. The topological polar surface area (TPSA) is 67.6 Å². The van der Waals surface area contributed by atoms with Gasteiger partial charge in [0.15, 0.2) is 0 Å². The van der Waals surface area contributed by atoms with Crippen molar-refractivity contribution in [2.24, 2.45) is 22.0 Å². The third kappa shape index (κ3) is 2.64. The Morgan fingerprint density at radius 2 is 2.19 bits per heavy atom. The molecular formula is C12H22N4. The van der Waals surface area contributed by atoms with E-state index in [4.69, 9.17) is 11.6 Å². The molecule has 0 aromatic carbocycles. The highest BCUT2D eigenvalue weighted by molar-refractivity contribution is 5.97. The van der Waals surface area contributed by atoms with Crippen molar-refractivity contribution in [2.75, 3.05) is 0 Å². The van der Waals surface area contributed by atoms with Gasteiger partial charge in [-0.15, -0.1) is 0 Å². The summed E-state index contributed by atoms with van der Waals surface area (Å²) in [5, 5.41) is 1.74. The quantitative estimate of drug-likeness (QED) is 0.425. The number of hydrogen-bond acceptors (Lipinski definition) is 3. The highest BCUT2D eigenvalue weighted by Crippen LogP contribution is 2.32. The summed E-state index contributed by atoms with van der Waals surface area (Å²) in [7, 11) is 0. The van der Waals surface area contributed by atoms with E-state index in [-0.39, 0.29) is 11.5 Å². The summed E-state index contributed by atoms with van der Waals surface area (Å²) in [6.07, 6.45) is 6.48. The first-order valence-corrected chi connectivity index (χ1v) is 5.57. The van der Waals surface area contributed by atoms with Gasteiger partial charge in [-0.3, -0.25) is 0 Å². The maximum Gasteiger partial charge on any atom is 0.148 e. The maximum atomic E-state index is 6.06. The fourth-order valence-electron chi connectivity index (χ4n) is 1.84. The van der Waals surface area contributed by atoms with Crippen molar-refractivity contribution in [3.05, 3.63) is 24.0 Å². The van der Waals surface area contributed by atoms with E-state index in [0.29, 0.717) is 5.84 Å². The minimum Gasteiger partial charge on any atom is -0.382 e. The number of amidine groups is 1. The molecular weight excluding hydrogens is 200 g/mol. The van der Waals surface area contributed by atoms with Crippen molar-refractivity contribution in [3.63, 3.8) is 0 Å². The molecule has 1 aliphatic rings. The summed E-state index contributed by atoms with van der Waals surface area (Å²) in [6, 6.07) is 0.279. The Bertz CT molecular complexity index is 333. The Balaban J connectivity index is 2.81. The van der Waals surface area contributed by atoms with E-state index in [9.17, 15) is 0 Å². The zero-order valence-corrected chi connectivity index (χ0v) is 10.6. The van der Waals surface area contributed by atoms with Crippen molar-refractivity contribution < 1.29 is 0 Å². The molecule has 0 aliphatic carbocycles. The molecule has 1 heterocycles. The van der Waals surface area contributed by atoms with E-state index in [1.54, 1.807) is 11.2 Å². The van der Waals surface area contributed by atoms with E-state index < -0.39 is 0 Å². The van der Waals surface area contributed by atoms with Crippen LogP contribution in [0.4, 0.5) is 0 Å². The Morgan fingerprint density at radius 1 is 1.56 bits per heavy atom. The normalized spacial score (nSPS) is 23.1. The van der Waals surface area contributed by atoms with Gasteiger partial charge in [0.25, 0.3) is 0 Å². The van der Waals surface area contributed by atoms with Gasteiger partial charge in [0.2, 0.25) is 0 Å². The Morgan fingerprint density at radius 3 is 2.62 bits per heavy atom. The molecule has 1 unspecified atom stereocenters. The van der Waals surface area contributed by atoms with Crippen LogP contribution in [0.5, 0.6) is 0 Å². The first-order valence-electron chi connectivity index (χ1n) is 5.57. The number of hydrogen-bond donors (Lipinski definition) is 2. The molecule has 0 saturated carbocycles. The second kappa shape index (κ2) is 4.70. The molecule has 1 atom stereocenters. The zero-order chi connectivity index (χ0) is 12.3. The lowest BCUT2D eigenvalue weighted by atomic mass is 9.86. The molecule has 4 heteroatoms. The van der Waals surface area contributed by atoms with Gasteiger partial charge in [-0.1, -0.05) is 32.9 Å². The van der Waals surface area contributed by atoms with Gasteiger partial charge < -0.3 is 10.7 Å². The monoisotopic (exact) mass is 222 g/mol. The fraction of sp³-hybridized carbons (Fsp3) is 0.583. The number of nitrogens with zero attached hydrogens (tertiary/aromatic N) is 2. The van der Waals surface area contributed by atoms with E-state index in [2.05, 4.69) is 31.8 Å². The van der Waals surface area contributed by atoms with Gasteiger partial charge >= 0.3 is 0 Å². The minimum atomic E-state index is 0.133. The Hall–Kier alpha value is -1.29. The molecule has 0 saturated heterocycles. The molecule has 0 aromatic rings. The number of nitrogens with two attached hydrogens (primary N) is 2. The lowest BCUT2D eigenvalue weighted by molar-refractivity contribution is 0.159. The Labute approximate surface area is 97.7 Å². The zero-order valence-electron chi connectivity index (χ0n) is 10.6. The molecule has 0 fully saturated rings. The van der Waals surface area contributed by atoms with Gasteiger partial charge in [-0.25, -0.2) is 10.8 Å². The predicted octanol–water partition coefficient (Wildman–Crippen LogP) is 1.76. The van der Waals surface area contributed by atoms with E-state index in [1.165, 1.54) is 0 Å². The van der Waals surface area contributed by atoms with Crippen LogP contribution in [0.15, 0.2) is 29.0 Å². The van der Waals surface area contributed by atoms with Crippen molar-refractivity contribution >= 4 is 5.84 Å². The third-order valence-electron chi connectivity index (χ3n) is 2.77. The SMILES string of the molecule is C/C=C\N=C(\N)C1=CCC(C(C)(C)C)N1N. The third-order valence-corrected chi connectivity index (χ3v) is 2.77. The number of aliphatic imine (C=N–C) groups is 1. The maximum absolute atomic E-state index is 6.06. The molecule has 1 aliphatic heterocycles. The number of rotatable bonds is 2. The average Bonchev–Trinajstić information content (AvgIpc) is 2.56. The largest absolute Gasteiger partial charge is 0.382 e. The lowest BCUT2D eigenvalue weighted by Gasteiger charge is -2.34. The average molecular weight is 222 g/mol. The molecule has 1 rings (SSSR count). The van der Waals surface area contributed by atoms with E-state index in [1.807, 2.05) is 13.0 Å². The van der Waals surface area contributed by atoms with Crippen LogP contribution in [-0.2, 0) is 0 Å². The van der Waals surface area contributed by atoms with Gasteiger partial charge in [0.1, 0.15) is 5.84 Å². The van der Waals surface area contributed by atoms with Crippen LogP contribution in [0, 0.1) is 5.41 Å². The molecule has 4 nitrogen and oxygen atoms in total. The first kappa shape index (κ1) is 12.8. The van der Waals surface area contributed by atoms with Crippen LogP contribution in [0.2, 0.25) is 0 Å². The standard InChI is InChI=1S/C12H22N4/c1-5-8-15-11(13)9-6-7-10(16(9)14)12(2,3)4/h5-6,8,10H,7,14H2,1-4H3,(H2,13,15)/b8-5-. The molecule has 4 N–H and O–H groups in total. The second-order valence-electron chi connectivity index (χ2n) is 5.11. The van der Waals surface area contributed by atoms with E-state index in [0.717, 1.165) is 12.1 Å². The minimum absolute atomic E-state index is 0.133. The van der Waals surface area contributed by atoms with Crippen molar-refractivity contribution in [2.45, 2.75) is 40.2 Å². The van der Waals surface area contributed by atoms with Gasteiger partial charge in [0.05, 0.1) is 11.7 Å². The Kier molecular flexibility index (Phi) is 3.75. The first-order chi connectivity index (χ1) is 7.38. The second-order valence-corrected chi connectivity index (χ2v) is 5.11. The predicted molar refractivity (Wildman–Crippen MR) is 68.4 cm³/mol. The molecule has 16 heavy (non-hydrogen) atoms. The molecule has 0 radical (unpaired) electrons. The summed E-state index contributed by atoms with van der Waals surface area (Å²) in [5.41, 5.74) is 6.83. The summed E-state index contributed by atoms with van der Waals surface area (Å²) in [5.74, 6) is 6.54.